The average Bonchev–Trinajstić information content (AvgIpc) is 3.76. The first-order valence-electron chi connectivity index (χ1n) is 12.2. The molecule has 2 atom stereocenters. The Morgan fingerprint density at radius 2 is 1.89 bits per heavy atom. The predicted molar refractivity (Wildman–Crippen MR) is 127 cm³/mol. The summed E-state index contributed by atoms with van der Waals surface area (Å²) in [5.41, 5.74) is 2.46. The number of aliphatic hydroxyl groups excluding tert-OH is 1. The fraction of sp³-hybridized carbons (Fsp3) is 0.480. The highest BCUT2D eigenvalue weighted by molar-refractivity contribution is 6.01. The molecule has 11 heteroatoms. The smallest absolute Gasteiger partial charge is 0.257 e. The van der Waals surface area contributed by atoms with E-state index in [1.165, 1.54) is 13.0 Å². The van der Waals surface area contributed by atoms with Crippen molar-refractivity contribution in [2.45, 2.75) is 58.6 Å². The lowest BCUT2D eigenvalue weighted by Crippen LogP contribution is -2.50. The molecule has 3 aromatic rings. The number of carbonyl (C=O) groups excluding carboxylic acids is 2. The number of aromatic amines is 1. The summed E-state index contributed by atoms with van der Waals surface area (Å²) in [7, 11) is 0. The Balaban J connectivity index is 1.39. The Morgan fingerprint density at radius 3 is 2.44 bits per heavy atom. The van der Waals surface area contributed by atoms with Crippen molar-refractivity contribution >= 4 is 17.6 Å². The molecule has 0 radical (unpaired) electrons. The lowest BCUT2D eigenvalue weighted by atomic mass is 9.88. The van der Waals surface area contributed by atoms with E-state index in [2.05, 4.69) is 31.0 Å². The highest BCUT2D eigenvalue weighted by Gasteiger charge is 2.48. The molecule has 0 aliphatic heterocycles. The van der Waals surface area contributed by atoms with Crippen molar-refractivity contribution in [3.8, 4) is 11.1 Å². The number of pyridine rings is 1. The molecule has 36 heavy (non-hydrogen) atoms. The molecule has 2 fully saturated rings. The normalized spacial score (nSPS) is 17.2. The third kappa shape index (κ3) is 4.75. The zero-order valence-corrected chi connectivity index (χ0v) is 20.3. The molecule has 0 aromatic carbocycles. The predicted octanol–water partition coefficient (Wildman–Crippen LogP) is 3.44. The quantitative estimate of drug-likeness (QED) is 0.332. The molecule has 0 saturated heterocycles. The number of hydrogen-bond donors (Lipinski definition) is 4. The summed E-state index contributed by atoms with van der Waals surface area (Å²) in [4.78, 5) is 30.5. The second-order valence-electron chi connectivity index (χ2n) is 9.83. The first-order valence-corrected chi connectivity index (χ1v) is 12.2. The third-order valence-corrected chi connectivity index (χ3v) is 7.02. The summed E-state index contributed by atoms with van der Waals surface area (Å²) < 4.78 is 19.8. The molecule has 2 aliphatic carbocycles. The molecule has 0 spiro atoms. The van der Waals surface area contributed by atoms with Crippen LogP contribution in [-0.2, 0) is 4.79 Å². The van der Waals surface area contributed by atoms with Crippen molar-refractivity contribution < 1.29 is 23.6 Å². The Hall–Kier alpha value is -3.60. The van der Waals surface area contributed by atoms with Crippen LogP contribution in [0.15, 0.2) is 22.9 Å². The van der Waals surface area contributed by atoms with Crippen LogP contribution in [0.25, 0.3) is 11.1 Å². The van der Waals surface area contributed by atoms with Crippen LogP contribution in [0, 0.1) is 37.5 Å². The number of rotatable bonds is 9. The molecule has 190 valence electrons. The maximum absolute atomic E-state index is 15.0. The number of amides is 2. The molecule has 3 heterocycles. The monoisotopic (exact) mass is 496 g/mol. The van der Waals surface area contributed by atoms with E-state index in [9.17, 15) is 19.1 Å². The summed E-state index contributed by atoms with van der Waals surface area (Å²) in [6.07, 6.45) is 4.14. The van der Waals surface area contributed by atoms with Crippen LogP contribution in [0.4, 0.5) is 10.2 Å². The van der Waals surface area contributed by atoms with E-state index in [1.54, 1.807) is 19.9 Å². The number of aryl methyl sites for hydroxylation is 2. The summed E-state index contributed by atoms with van der Waals surface area (Å²) in [5, 5.41) is 26.1. The van der Waals surface area contributed by atoms with E-state index in [0.717, 1.165) is 37.6 Å². The van der Waals surface area contributed by atoms with Gasteiger partial charge in [0.2, 0.25) is 11.9 Å². The van der Waals surface area contributed by atoms with Crippen molar-refractivity contribution in [1.82, 2.24) is 25.7 Å². The minimum Gasteiger partial charge on any atom is -0.387 e. The van der Waals surface area contributed by atoms with E-state index in [1.807, 2.05) is 0 Å². The van der Waals surface area contributed by atoms with Gasteiger partial charge in [0.15, 0.2) is 0 Å². The van der Waals surface area contributed by atoms with Crippen molar-refractivity contribution in [2.24, 2.45) is 17.8 Å². The molecule has 5 rings (SSSR count). The largest absolute Gasteiger partial charge is 0.387 e. The Labute approximate surface area is 207 Å². The highest BCUT2D eigenvalue weighted by Crippen LogP contribution is 2.51. The summed E-state index contributed by atoms with van der Waals surface area (Å²) >= 11 is 0. The maximum atomic E-state index is 15.0. The first kappa shape index (κ1) is 24.1. The van der Waals surface area contributed by atoms with Crippen LogP contribution in [0.1, 0.15) is 66.2 Å². The number of H-pyrrole nitrogens is 1. The van der Waals surface area contributed by atoms with Crippen molar-refractivity contribution in [1.29, 1.82) is 0 Å². The van der Waals surface area contributed by atoms with E-state index < -0.39 is 29.9 Å². The SMILES string of the molecule is Cc1n[nH]c(C)c1-c1ccc(NC(=O)[C@@H](NC(=O)c2conc2[C@@H](C)O)C(C2CC2)C2CC2)nc1F. The standard InChI is InChI=1S/C25H29FN6O4/c1-11-19(12(2)31-30-11)16-8-9-18(27-23(16)26)28-25(35)22(20(14-4-5-14)15-6-7-15)29-24(34)17-10-36-32-21(17)13(3)33/h8-10,13-15,20,22,33H,4-7H2,1-3H3,(H,29,34)(H,30,31)(H,27,28,35)/t13-,22+/m1/s1. The fourth-order valence-corrected chi connectivity index (χ4v) is 5.01. The summed E-state index contributed by atoms with van der Waals surface area (Å²) in [6, 6.07) is 2.24. The van der Waals surface area contributed by atoms with Crippen LogP contribution in [0.2, 0.25) is 0 Å². The molecule has 10 nitrogen and oxygen atoms in total. The van der Waals surface area contributed by atoms with Crippen LogP contribution in [-0.4, -0.2) is 43.3 Å². The molecule has 0 bridgehead atoms. The lowest BCUT2D eigenvalue weighted by Gasteiger charge is -2.27. The van der Waals surface area contributed by atoms with Gasteiger partial charge in [-0.05, 0) is 76.3 Å². The van der Waals surface area contributed by atoms with Crippen molar-refractivity contribution in [2.75, 3.05) is 5.32 Å². The average molecular weight is 497 g/mol. The third-order valence-electron chi connectivity index (χ3n) is 7.02. The van der Waals surface area contributed by atoms with E-state index in [-0.39, 0.29) is 28.6 Å². The molecule has 0 unspecified atom stereocenters. The van der Waals surface area contributed by atoms with Gasteiger partial charge in [-0.25, -0.2) is 4.98 Å². The van der Waals surface area contributed by atoms with E-state index in [4.69, 9.17) is 4.52 Å². The van der Waals surface area contributed by atoms with Gasteiger partial charge in [0.1, 0.15) is 29.4 Å². The second kappa shape index (κ2) is 9.45. The van der Waals surface area contributed by atoms with Gasteiger partial charge < -0.3 is 20.3 Å². The van der Waals surface area contributed by atoms with Crippen LogP contribution in [0.5, 0.6) is 0 Å². The number of aliphatic hydroxyl groups is 1. The van der Waals surface area contributed by atoms with Crippen LogP contribution < -0.4 is 10.6 Å². The van der Waals surface area contributed by atoms with E-state index in [0.29, 0.717) is 23.1 Å². The fourth-order valence-electron chi connectivity index (χ4n) is 5.01. The number of hydrogen-bond acceptors (Lipinski definition) is 7. The van der Waals surface area contributed by atoms with Crippen LogP contribution in [0.3, 0.4) is 0 Å². The minimum atomic E-state index is -1.01. The summed E-state index contributed by atoms with van der Waals surface area (Å²) in [6.45, 7) is 5.05. The Morgan fingerprint density at radius 1 is 1.19 bits per heavy atom. The zero-order chi connectivity index (χ0) is 25.6. The van der Waals surface area contributed by atoms with Gasteiger partial charge in [-0.3, -0.25) is 14.7 Å². The molecular formula is C25H29FN6O4. The topological polar surface area (TPSA) is 146 Å². The number of aromatic nitrogens is 4. The van der Waals surface area contributed by atoms with Gasteiger partial charge in [-0.15, -0.1) is 0 Å². The maximum Gasteiger partial charge on any atom is 0.257 e. The number of nitrogens with zero attached hydrogens (tertiary/aromatic N) is 3. The van der Waals surface area contributed by atoms with E-state index >= 15 is 0 Å². The molecule has 4 N–H and O–H groups in total. The Bertz CT molecular complexity index is 1260. The van der Waals surface area contributed by atoms with Gasteiger partial charge in [0.05, 0.1) is 11.8 Å². The number of anilines is 1. The number of carbonyl (C=O) groups is 2. The van der Waals surface area contributed by atoms with Gasteiger partial charge in [0.25, 0.3) is 5.91 Å². The zero-order valence-electron chi connectivity index (χ0n) is 20.3. The van der Waals surface area contributed by atoms with Crippen LogP contribution >= 0.6 is 0 Å². The number of halogens is 1. The molecule has 2 amide bonds. The van der Waals surface area contributed by atoms with Gasteiger partial charge in [0, 0.05) is 16.8 Å². The summed E-state index contributed by atoms with van der Waals surface area (Å²) in [5.74, 6) is -1.05. The molecule has 3 aromatic heterocycles. The Kier molecular flexibility index (Phi) is 6.33. The van der Waals surface area contributed by atoms with Crippen molar-refractivity contribution in [3.63, 3.8) is 0 Å². The first-order chi connectivity index (χ1) is 17.2. The van der Waals surface area contributed by atoms with Crippen molar-refractivity contribution in [3.05, 3.63) is 47.0 Å². The molecule has 2 saturated carbocycles. The number of nitrogens with one attached hydrogen (secondary N) is 3. The van der Waals surface area contributed by atoms with Gasteiger partial charge >= 0.3 is 0 Å². The van der Waals surface area contributed by atoms with Gasteiger partial charge in [-0.1, -0.05) is 5.16 Å². The second-order valence-corrected chi connectivity index (χ2v) is 9.83. The lowest BCUT2D eigenvalue weighted by molar-refractivity contribution is -0.119. The highest BCUT2D eigenvalue weighted by atomic mass is 19.1. The minimum absolute atomic E-state index is 0.0378. The van der Waals surface area contributed by atoms with Gasteiger partial charge in [-0.2, -0.15) is 9.49 Å². The molecular weight excluding hydrogens is 467 g/mol. The molecule has 2 aliphatic rings.